The van der Waals surface area contributed by atoms with Gasteiger partial charge in [-0.3, -0.25) is 9.69 Å². The molecule has 1 atom stereocenters. The molecule has 0 aliphatic rings. The number of nitrogens with zero attached hydrogens (tertiary/aromatic N) is 2. The van der Waals surface area contributed by atoms with Gasteiger partial charge in [-0.15, -0.1) is 0 Å². The molecule has 1 amide bonds. The van der Waals surface area contributed by atoms with Crippen LogP contribution in [0.4, 0.5) is 0 Å². The van der Waals surface area contributed by atoms with E-state index >= 15 is 0 Å². The second-order valence-corrected chi connectivity index (χ2v) is 4.30. The quantitative estimate of drug-likeness (QED) is 0.721. The average molecular weight is 255 g/mol. The van der Waals surface area contributed by atoms with Gasteiger partial charge in [-0.1, -0.05) is 5.16 Å². The fourth-order valence-corrected chi connectivity index (χ4v) is 1.51. The van der Waals surface area contributed by atoms with Crippen LogP contribution in [0.1, 0.15) is 18.4 Å². The zero-order valence-corrected chi connectivity index (χ0v) is 11.4. The highest BCUT2D eigenvalue weighted by molar-refractivity contribution is 5.81. The van der Waals surface area contributed by atoms with E-state index < -0.39 is 0 Å². The number of hydrogen-bond acceptors (Lipinski definition) is 5. The number of likely N-dealkylation sites (N-methyl/N-ethyl adjacent to an activating group) is 1. The smallest absolute Gasteiger partial charge is 0.237 e. The molecule has 1 N–H and O–H groups in total. The molecule has 1 aromatic rings. The van der Waals surface area contributed by atoms with Crippen LogP contribution >= 0.6 is 0 Å². The summed E-state index contributed by atoms with van der Waals surface area (Å²) >= 11 is 0. The number of aromatic nitrogens is 1. The Kier molecular flexibility index (Phi) is 5.80. The van der Waals surface area contributed by atoms with Crippen molar-refractivity contribution in [3.05, 3.63) is 17.5 Å². The Bertz CT molecular complexity index is 378. The minimum Gasteiger partial charge on any atom is -0.383 e. The van der Waals surface area contributed by atoms with Gasteiger partial charge < -0.3 is 14.6 Å². The lowest BCUT2D eigenvalue weighted by Crippen LogP contribution is -2.43. The van der Waals surface area contributed by atoms with Crippen molar-refractivity contribution in [1.82, 2.24) is 15.4 Å². The first kappa shape index (κ1) is 14.7. The second kappa shape index (κ2) is 7.13. The van der Waals surface area contributed by atoms with Gasteiger partial charge >= 0.3 is 0 Å². The first-order valence-electron chi connectivity index (χ1n) is 5.93. The first-order chi connectivity index (χ1) is 8.54. The van der Waals surface area contributed by atoms with Gasteiger partial charge in [0.15, 0.2) is 0 Å². The van der Waals surface area contributed by atoms with Crippen molar-refractivity contribution in [3.8, 4) is 0 Å². The summed E-state index contributed by atoms with van der Waals surface area (Å²) in [4.78, 5) is 13.7. The average Bonchev–Trinajstić information content (AvgIpc) is 2.73. The Morgan fingerprint density at radius 1 is 1.67 bits per heavy atom. The molecule has 6 nitrogen and oxygen atoms in total. The summed E-state index contributed by atoms with van der Waals surface area (Å²) < 4.78 is 9.87. The highest BCUT2D eigenvalue weighted by Gasteiger charge is 2.18. The number of methoxy groups -OCH3 is 1. The molecule has 0 spiro atoms. The van der Waals surface area contributed by atoms with Crippen LogP contribution in [0.3, 0.4) is 0 Å². The van der Waals surface area contributed by atoms with E-state index in [1.807, 2.05) is 31.9 Å². The van der Waals surface area contributed by atoms with Crippen molar-refractivity contribution in [2.75, 3.05) is 27.3 Å². The van der Waals surface area contributed by atoms with Gasteiger partial charge in [0.2, 0.25) is 5.91 Å². The van der Waals surface area contributed by atoms with Crippen molar-refractivity contribution >= 4 is 5.91 Å². The molecule has 0 radical (unpaired) electrons. The summed E-state index contributed by atoms with van der Waals surface area (Å²) in [5.74, 6) is 0.755. The van der Waals surface area contributed by atoms with Gasteiger partial charge in [0.1, 0.15) is 5.76 Å². The summed E-state index contributed by atoms with van der Waals surface area (Å²) in [7, 11) is 3.49. The molecule has 0 aliphatic heterocycles. The number of amides is 1. The summed E-state index contributed by atoms with van der Waals surface area (Å²) in [6.07, 6.45) is 0. The van der Waals surface area contributed by atoms with E-state index in [-0.39, 0.29) is 11.9 Å². The van der Waals surface area contributed by atoms with Crippen LogP contribution in [0, 0.1) is 6.92 Å². The van der Waals surface area contributed by atoms with E-state index in [9.17, 15) is 4.79 Å². The minimum absolute atomic E-state index is 0.0187. The Balaban J connectivity index is 2.40. The first-order valence-corrected chi connectivity index (χ1v) is 5.93. The SMILES string of the molecule is COCCNC(=O)C(C)N(C)Cc1cc(C)on1. The van der Waals surface area contributed by atoms with Crippen molar-refractivity contribution in [1.29, 1.82) is 0 Å². The van der Waals surface area contributed by atoms with Gasteiger partial charge in [0, 0.05) is 26.3 Å². The summed E-state index contributed by atoms with van der Waals surface area (Å²) in [5, 5.41) is 6.71. The molecule has 0 aromatic carbocycles. The molecule has 6 heteroatoms. The predicted octanol–water partition coefficient (Wildman–Crippen LogP) is 0.566. The highest BCUT2D eigenvalue weighted by Crippen LogP contribution is 2.07. The van der Waals surface area contributed by atoms with E-state index in [2.05, 4.69) is 10.5 Å². The van der Waals surface area contributed by atoms with Crippen molar-refractivity contribution in [2.45, 2.75) is 26.4 Å². The zero-order chi connectivity index (χ0) is 13.5. The van der Waals surface area contributed by atoms with Gasteiger partial charge in [-0.25, -0.2) is 0 Å². The molecule has 1 rings (SSSR count). The number of ether oxygens (including phenoxy) is 1. The topological polar surface area (TPSA) is 67.6 Å². The predicted molar refractivity (Wildman–Crippen MR) is 67.1 cm³/mol. The van der Waals surface area contributed by atoms with Crippen molar-refractivity contribution < 1.29 is 14.1 Å². The molecule has 102 valence electrons. The standard InChI is InChI=1S/C12H21N3O3/c1-9-7-11(14-18-9)8-15(3)10(2)12(16)13-5-6-17-4/h7,10H,5-6,8H2,1-4H3,(H,13,16). The fourth-order valence-electron chi connectivity index (χ4n) is 1.51. The Morgan fingerprint density at radius 3 is 2.94 bits per heavy atom. The number of rotatable bonds is 7. The second-order valence-electron chi connectivity index (χ2n) is 4.30. The van der Waals surface area contributed by atoms with Crippen LogP contribution in [-0.4, -0.2) is 49.3 Å². The van der Waals surface area contributed by atoms with Crippen LogP contribution in [0.25, 0.3) is 0 Å². The van der Waals surface area contributed by atoms with Crippen LogP contribution in [-0.2, 0) is 16.1 Å². The van der Waals surface area contributed by atoms with Gasteiger partial charge in [0.05, 0.1) is 18.3 Å². The molecule has 0 bridgehead atoms. The maximum atomic E-state index is 11.8. The van der Waals surface area contributed by atoms with Gasteiger partial charge in [-0.05, 0) is 20.9 Å². The number of hydrogen-bond donors (Lipinski definition) is 1. The van der Waals surface area contributed by atoms with Crippen LogP contribution in [0.2, 0.25) is 0 Å². The number of carbonyl (C=O) groups is 1. The highest BCUT2D eigenvalue weighted by atomic mass is 16.5. The van der Waals surface area contributed by atoms with E-state index in [0.29, 0.717) is 19.7 Å². The van der Waals surface area contributed by atoms with Gasteiger partial charge in [0.25, 0.3) is 0 Å². The van der Waals surface area contributed by atoms with Crippen LogP contribution in [0.5, 0.6) is 0 Å². The van der Waals surface area contributed by atoms with Crippen LogP contribution < -0.4 is 5.32 Å². The van der Waals surface area contributed by atoms with Crippen molar-refractivity contribution in [3.63, 3.8) is 0 Å². The molecule has 1 unspecified atom stereocenters. The molecule has 1 heterocycles. The van der Waals surface area contributed by atoms with E-state index in [1.165, 1.54) is 0 Å². The Labute approximate surface area is 107 Å². The fraction of sp³-hybridized carbons (Fsp3) is 0.667. The number of nitrogens with one attached hydrogen (secondary N) is 1. The Hall–Kier alpha value is -1.40. The normalized spacial score (nSPS) is 12.7. The third kappa shape index (κ3) is 4.46. The maximum absolute atomic E-state index is 11.8. The zero-order valence-electron chi connectivity index (χ0n) is 11.4. The third-order valence-electron chi connectivity index (χ3n) is 2.73. The minimum atomic E-state index is -0.223. The maximum Gasteiger partial charge on any atom is 0.237 e. The molecule has 0 saturated heterocycles. The molecule has 0 saturated carbocycles. The van der Waals surface area contributed by atoms with Crippen molar-refractivity contribution in [2.24, 2.45) is 0 Å². The van der Waals surface area contributed by atoms with Gasteiger partial charge in [-0.2, -0.15) is 0 Å². The monoisotopic (exact) mass is 255 g/mol. The molecule has 18 heavy (non-hydrogen) atoms. The lowest BCUT2D eigenvalue weighted by Gasteiger charge is -2.22. The lowest BCUT2D eigenvalue weighted by atomic mass is 10.2. The molecule has 0 fully saturated rings. The molecule has 0 aliphatic carbocycles. The number of carbonyl (C=O) groups excluding carboxylic acids is 1. The summed E-state index contributed by atoms with van der Waals surface area (Å²) in [6.45, 7) is 5.32. The van der Waals surface area contributed by atoms with E-state index in [4.69, 9.17) is 9.26 Å². The number of aryl methyl sites for hydroxylation is 1. The summed E-state index contributed by atoms with van der Waals surface area (Å²) in [5.41, 5.74) is 0.826. The van der Waals surface area contributed by atoms with Crippen LogP contribution in [0.15, 0.2) is 10.6 Å². The molecular weight excluding hydrogens is 234 g/mol. The van der Waals surface area contributed by atoms with E-state index in [0.717, 1.165) is 11.5 Å². The largest absolute Gasteiger partial charge is 0.383 e. The molecular formula is C12H21N3O3. The summed E-state index contributed by atoms with van der Waals surface area (Å²) in [6, 6.07) is 1.64. The Morgan fingerprint density at radius 2 is 2.39 bits per heavy atom. The molecule has 1 aromatic heterocycles. The lowest BCUT2D eigenvalue weighted by molar-refractivity contribution is -0.125. The van der Waals surface area contributed by atoms with E-state index in [1.54, 1.807) is 7.11 Å². The third-order valence-corrected chi connectivity index (χ3v) is 2.73.